The normalized spacial score (nSPS) is 20.3. The molecule has 0 spiro atoms. The van der Waals surface area contributed by atoms with Crippen LogP contribution in [0, 0.1) is 0 Å². The van der Waals surface area contributed by atoms with Crippen molar-refractivity contribution in [1.29, 1.82) is 0 Å². The summed E-state index contributed by atoms with van der Waals surface area (Å²) in [6.45, 7) is 3.81. The Morgan fingerprint density at radius 2 is 2.18 bits per heavy atom. The summed E-state index contributed by atoms with van der Waals surface area (Å²) < 4.78 is 17.6. The van der Waals surface area contributed by atoms with Gasteiger partial charge in [-0.25, -0.2) is 0 Å². The number of hydrogen-bond acceptors (Lipinski definition) is 5. The van der Waals surface area contributed by atoms with E-state index in [9.17, 15) is 4.21 Å². The van der Waals surface area contributed by atoms with Gasteiger partial charge in [-0.2, -0.15) is 4.98 Å². The zero-order valence-electron chi connectivity index (χ0n) is 12.8. The Kier molecular flexibility index (Phi) is 5.00. The Morgan fingerprint density at radius 3 is 2.91 bits per heavy atom. The van der Waals surface area contributed by atoms with Crippen molar-refractivity contribution in [3.63, 3.8) is 0 Å². The third kappa shape index (κ3) is 3.44. The number of aromatic nitrogens is 2. The lowest BCUT2D eigenvalue weighted by atomic mass is 10.2. The largest absolute Gasteiger partial charge is 0.339 e. The van der Waals surface area contributed by atoms with E-state index in [-0.39, 0.29) is 6.04 Å². The summed E-state index contributed by atoms with van der Waals surface area (Å²) in [5, 5.41) is 4.10. The van der Waals surface area contributed by atoms with Gasteiger partial charge in [-0.05, 0) is 31.5 Å². The molecule has 0 bridgehead atoms. The van der Waals surface area contributed by atoms with Crippen LogP contribution in [0.3, 0.4) is 0 Å². The highest BCUT2D eigenvalue weighted by molar-refractivity contribution is 7.85. The molecule has 1 saturated heterocycles. The van der Waals surface area contributed by atoms with Gasteiger partial charge in [-0.1, -0.05) is 30.3 Å². The Morgan fingerprint density at radius 1 is 1.36 bits per heavy atom. The summed E-state index contributed by atoms with van der Waals surface area (Å²) in [6, 6.07) is 9.85. The average Bonchev–Trinajstić information content (AvgIpc) is 3.21. The van der Waals surface area contributed by atoms with Crippen LogP contribution in [0.1, 0.15) is 37.5 Å². The molecule has 1 fully saturated rings. The first-order valence-electron chi connectivity index (χ1n) is 7.78. The van der Waals surface area contributed by atoms with Crippen molar-refractivity contribution in [2.24, 2.45) is 0 Å². The van der Waals surface area contributed by atoms with E-state index >= 15 is 0 Å². The molecule has 0 unspecified atom stereocenters. The second-order valence-electron chi connectivity index (χ2n) is 5.46. The van der Waals surface area contributed by atoms with E-state index in [0.717, 1.165) is 43.1 Å². The molecular weight excluding hydrogens is 298 g/mol. The van der Waals surface area contributed by atoms with Crippen LogP contribution in [0.25, 0.3) is 0 Å². The molecule has 22 heavy (non-hydrogen) atoms. The van der Waals surface area contributed by atoms with Crippen molar-refractivity contribution in [3.05, 3.63) is 42.0 Å². The van der Waals surface area contributed by atoms with Crippen LogP contribution in [0.5, 0.6) is 0 Å². The van der Waals surface area contributed by atoms with Gasteiger partial charge >= 0.3 is 0 Å². The van der Waals surface area contributed by atoms with Gasteiger partial charge in [0.1, 0.15) is 0 Å². The Balaban J connectivity index is 1.60. The smallest absolute Gasteiger partial charge is 0.226 e. The van der Waals surface area contributed by atoms with Crippen LogP contribution >= 0.6 is 0 Å². The number of nitrogens with zero attached hydrogens (tertiary/aromatic N) is 3. The molecule has 2 heterocycles. The number of likely N-dealkylation sites (tertiary alicyclic amines) is 1. The predicted octanol–water partition coefficient (Wildman–Crippen LogP) is 2.58. The molecule has 1 aromatic carbocycles. The van der Waals surface area contributed by atoms with E-state index in [2.05, 4.69) is 15.0 Å². The van der Waals surface area contributed by atoms with E-state index in [1.54, 1.807) is 0 Å². The van der Waals surface area contributed by atoms with Gasteiger partial charge in [-0.15, -0.1) is 0 Å². The maximum atomic E-state index is 12.3. The highest BCUT2D eigenvalue weighted by Gasteiger charge is 2.29. The lowest BCUT2D eigenvalue weighted by Crippen LogP contribution is -2.28. The molecule has 0 saturated carbocycles. The van der Waals surface area contributed by atoms with Crippen molar-refractivity contribution < 1.29 is 8.73 Å². The van der Waals surface area contributed by atoms with E-state index < -0.39 is 10.8 Å². The Hall–Kier alpha value is -1.53. The molecule has 118 valence electrons. The summed E-state index contributed by atoms with van der Waals surface area (Å²) in [7, 11) is -0.953. The summed E-state index contributed by atoms with van der Waals surface area (Å²) in [5.74, 6) is 2.11. The zero-order valence-corrected chi connectivity index (χ0v) is 13.6. The Labute approximate surface area is 133 Å². The van der Waals surface area contributed by atoms with Crippen LogP contribution < -0.4 is 0 Å². The van der Waals surface area contributed by atoms with Crippen molar-refractivity contribution >= 4 is 10.8 Å². The Bertz CT molecular complexity index is 629. The van der Waals surface area contributed by atoms with E-state index in [4.69, 9.17) is 4.52 Å². The molecule has 3 rings (SSSR count). The van der Waals surface area contributed by atoms with Gasteiger partial charge in [0, 0.05) is 23.6 Å². The van der Waals surface area contributed by atoms with Crippen molar-refractivity contribution in [2.75, 3.05) is 18.8 Å². The van der Waals surface area contributed by atoms with E-state index in [0.29, 0.717) is 11.6 Å². The lowest BCUT2D eigenvalue weighted by molar-refractivity contribution is 0.256. The van der Waals surface area contributed by atoms with Gasteiger partial charge < -0.3 is 4.52 Å². The number of benzene rings is 1. The van der Waals surface area contributed by atoms with Gasteiger partial charge in [0.05, 0.1) is 16.8 Å². The van der Waals surface area contributed by atoms with Crippen LogP contribution in [0.15, 0.2) is 39.8 Å². The summed E-state index contributed by atoms with van der Waals surface area (Å²) >= 11 is 0. The number of aryl methyl sites for hydroxylation is 1. The highest BCUT2D eigenvalue weighted by Crippen LogP contribution is 2.29. The van der Waals surface area contributed by atoms with Gasteiger partial charge in [-0.3, -0.25) is 9.11 Å². The number of hydrogen-bond donors (Lipinski definition) is 0. The fraction of sp³-hybridized carbons (Fsp3) is 0.500. The van der Waals surface area contributed by atoms with E-state index in [1.165, 1.54) is 0 Å². The summed E-state index contributed by atoms with van der Waals surface area (Å²) in [4.78, 5) is 7.67. The first kappa shape index (κ1) is 15.4. The molecule has 2 aromatic rings. The molecule has 6 heteroatoms. The fourth-order valence-corrected chi connectivity index (χ4v) is 3.92. The van der Waals surface area contributed by atoms with Crippen LogP contribution in [-0.4, -0.2) is 38.1 Å². The molecule has 1 aliphatic rings. The fourth-order valence-electron chi connectivity index (χ4n) is 2.82. The molecule has 5 nitrogen and oxygen atoms in total. The molecule has 1 aliphatic heterocycles. The topological polar surface area (TPSA) is 59.2 Å². The monoisotopic (exact) mass is 319 g/mol. The van der Waals surface area contributed by atoms with E-state index in [1.807, 2.05) is 37.3 Å². The first-order chi connectivity index (χ1) is 10.8. The zero-order chi connectivity index (χ0) is 15.4. The minimum atomic E-state index is -0.953. The van der Waals surface area contributed by atoms with Gasteiger partial charge in [0.25, 0.3) is 0 Å². The summed E-state index contributed by atoms with van der Waals surface area (Å²) in [6.07, 6.45) is 2.93. The quantitative estimate of drug-likeness (QED) is 0.819. The van der Waals surface area contributed by atoms with Crippen molar-refractivity contribution in [3.8, 4) is 0 Å². The highest BCUT2D eigenvalue weighted by atomic mass is 32.2. The van der Waals surface area contributed by atoms with Crippen LogP contribution in [0.4, 0.5) is 0 Å². The second-order valence-corrected chi connectivity index (χ2v) is 7.03. The molecule has 2 atom stereocenters. The molecule has 1 aromatic heterocycles. The molecular formula is C16H21N3O2S. The lowest BCUT2D eigenvalue weighted by Gasteiger charge is -2.21. The van der Waals surface area contributed by atoms with Crippen molar-refractivity contribution in [1.82, 2.24) is 15.0 Å². The third-order valence-corrected chi connectivity index (χ3v) is 5.37. The molecule has 0 aliphatic carbocycles. The third-order valence-electron chi connectivity index (χ3n) is 4.02. The SMILES string of the molecule is CCc1nc([C@@H]2CCCN2CC[S@@](=O)c2ccccc2)no1. The summed E-state index contributed by atoms with van der Waals surface area (Å²) in [5.41, 5.74) is 0. The average molecular weight is 319 g/mol. The standard InChI is InChI=1S/C16H21N3O2S/c1-2-15-17-16(18-21-15)14-9-6-10-19(14)11-12-22(20)13-7-4-3-5-8-13/h3-5,7-8,14H,2,6,9-12H2,1H3/t14-,22+/m0/s1. The predicted molar refractivity (Wildman–Crippen MR) is 84.9 cm³/mol. The molecule has 0 N–H and O–H groups in total. The maximum Gasteiger partial charge on any atom is 0.226 e. The van der Waals surface area contributed by atoms with Crippen LogP contribution in [0.2, 0.25) is 0 Å². The second kappa shape index (κ2) is 7.15. The minimum Gasteiger partial charge on any atom is -0.339 e. The van der Waals surface area contributed by atoms with Crippen molar-refractivity contribution in [2.45, 2.75) is 37.1 Å². The first-order valence-corrected chi connectivity index (χ1v) is 9.09. The molecule has 0 radical (unpaired) electrons. The maximum absolute atomic E-state index is 12.3. The molecule has 0 amide bonds. The number of rotatable bonds is 6. The van der Waals surface area contributed by atoms with Crippen LogP contribution in [-0.2, 0) is 17.2 Å². The minimum absolute atomic E-state index is 0.205. The van der Waals surface area contributed by atoms with Gasteiger partial charge in [0.15, 0.2) is 5.82 Å². The van der Waals surface area contributed by atoms with Gasteiger partial charge in [0.2, 0.25) is 5.89 Å².